The van der Waals surface area contributed by atoms with Crippen LogP contribution in [-0.2, 0) is 10.2 Å². The molecule has 8 nitrogen and oxygen atoms in total. The Morgan fingerprint density at radius 3 is 2.71 bits per heavy atom. The van der Waals surface area contributed by atoms with Gasteiger partial charge >= 0.3 is 0 Å². The van der Waals surface area contributed by atoms with Crippen molar-refractivity contribution in [1.82, 2.24) is 19.8 Å². The first-order valence-corrected chi connectivity index (χ1v) is 12.1. The van der Waals surface area contributed by atoms with Crippen LogP contribution < -0.4 is 9.64 Å². The highest BCUT2D eigenvalue weighted by atomic mass is 16.5. The van der Waals surface area contributed by atoms with Crippen molar-refractivity contribution in [1.29, 1.82) is 0 Å². The van der Waals surface area contributed by atoms with Crippen LogP contribution in [0.5, 0.6) is 5.75 Å². The minimum absolute atomic E-state index is 0.0302. The number of carbonyl (C=O) groups is 2. The third kappa shape index (κ3) is 5.16. The Morgan fingerprint density at radius 2 is 1.97 bits per heavy atom. The van der Waals surface area contributed by atoms with Crippen LogP contribution in [0.3, 0.4) is 0 Å². The van der Waals surface area contributed by atoms with E-state index in [2.05, 4.69) is 11.9 Å². The topological polar surface area (TPSA) is 78.9 Å². The molecule has 0 unspecified atom stereocenters. The van der Waals surface area contributed by atoms with E-state index in [9.17, 15) is 9.59 Å². The lowest BCUT2D eigenvalue weighted by Crippen LogP contribution is -2.47. The number of likely N-dealkylation sites (tertiary alicyclic amines) is 2. The summed E-state index contributed by atoms with van der Waals surface area (Å²) in [5.74, 6) is 2.33. The molecule has 182 valence electrons. The average Bonchev–Trinajstić information content (AvgIpc) is 3.23. The second-order valence-corrected chi connectivity index (χ2v) is 9.77. The van der Waals surface area contributed by atoms with Crippen molar-refractivity contribution in [2.75, 3.05) is 51.8 Å². The molecule has 0 radical (unpaired) electrons. The first-order valence-electron chi connectivity index (χ1n) is 12.1. The summed E-state index contributed by atoms with van der Waals surface area (Å²) in [5.41, 5.74) is 1.28. The molecule has 2 amide bonds. The summed E-state index contributed by atoms with van der Waals surface area (Å²) in [6.07, 6.45) is 3.39. The van der Waals surface area contributed by atoms with Gasteiger partial charge in [-0.05, 0) is 38.3 Å². The number of hydrogen-bond donors (Lipinski definition) is 0. The van der Waals surface area contributed by atoms with Crippen LogP contribution in [0.4, 0.5) is 5.82 Å². The molecule has 1 atom stereocenters. The van der Waals surface area contributed by atoms with Gasteiger partial charge in [-0.15, -0.1) is 0 Å². The number of anilines is 1. The number of aromatic nitrogens is 2. The van der Waals surface area contributed by atoms with Gasteiger partial charge in [0.15, 0.2) is 0 Å². The third-order valence-electron chi connectivity index (χ3n) is 6.79. The van der Waals surface area contributed by atoms with Gasteiger partial charge in [0.25, 0.3) is 5.91 Å². The maximum absolute atomic E-state index is 13.6. The number of amides is 2. The van der Waals surface area contributed by atoms with Crippen molar-refractivity contribution >= 4 is 17.6 Å². The van der Waals surface area contributed by atoms with Crippen molar-refractivity contribution in [2.24, 2.45) is 0 Å². The van der Waals surface area contributed by atoms with E-state index in [4.69, 9.17) is 9.72 Å². The van der Waals surface area contributed by atoms with Crippen molar-refractivity contribution in [3.8, 4) is 5.75 Å². The normalized spacial score (nSPS) is 20.5. The van der Waals surface area contributed by atoms with Gasteiger partial charge in [0, 0.05) is 51.6 Å². The Balaban J connectivity index is 1.49. The van der Waals surface area contributed by atoms with E-state index in [-0.39, 0.29) is 17.2 Å². The second-order valence-electron chi connectivity index (χ2n) is 9.77. The molecule has 0 aliphatic carbocycles. The molecule has 2 saturated heterocycles. The largest absolute Gasteiger partial charge is 0.491 e. The van der Waals surface area contributed by atoms with Gasteiger partial charge in [0.2, 0.25) is 5.91 Å². The quantitative estimate of drug-likeness (QED) is 0.625. The van der Waals surface area contributed by atoms with E-state index in [1.807, 2.05) is 66.1 Å². The number of nitrogens with zero attached hydrogens (tertiary/aromatic N) is 5. The molecule has 2 aromatic rings. The molecule has 34 heavy (non-hydrogen) atoms. The molecule has 0 spiro atoms. The molecule has 0 N–H and O–H groups in total. The SMILES string of the molecule is Cc1nc(N(C)C)cc([C@@]2(C)CCCN(C(=O)c3ccccc3OCCN3CCCC3=O)C2)n1. The number of hydrogen-bond acceptors (Lipinski definition) is 6. The minimum atomic E-state index is -0.252. The zero-order chi connectivity index (χ0) is 24.3. The number of aryl methyl sites for hydroxylation is 1. The van der Waals surface area contributed by atoms with Crippen molar-refractivity contribution < 1.29 is 14.3 Å². The fraction of sp³-hybridized carbons (Fsp3) is 0.538. The predicted molar refractivity (Wildman–Crippen MR) is 131 cm³/mol. The van der Waals surface area contributed by atoms with Crippen molar-refractivity contribution in [3.05, 3.63) is 47.4 Å². The minimum Gasteiger partial charge on any atom is -0.491 e. The lowest BCUT2D eigenvalue weighted by molar-refractivity contribution is -0.128. The molecule has 2 aliphatic heterocycles. The molecular formula is C26H35N5O3. The molecule has 2 fully saturated rings. The van der Waals surface area contributed by atoms with Gasteiger partial charge in [-0.3, -0.25) is 9.59 Å². The standard InChI is InChI=1S/C26H35N5O3/c1-19-27-22(17-23(28-19)29(3)4)26(2)12-8-14-31(18-26)25(33)20-9-5-6-10-21(20)34-16-15-30-13-7-11-24(30)32/h5-6,9-10,17H,7-8,11-16,18H2,1-4H3/t26-/m0/s1. The summed E-state index contributed by atoms with van der Waals surface area (Å²) < 4.78 is 5.99. The smallest absolute Gasteiger partial charge is 0.257 e. The Kier molecular flexibility index (Phi) is 7.05. The van der Waals surface area contributed by atoms with Crippen LogP contribution >= 0.6 is 0 Å². The summed E-state index contributed by atoms with van der Waals surface area (Å²) in [5, 5.41) is 0. The van der Waals surface area contributed by atoms with Gasteiger partial charge in [-0.2, -0.15) is 0 Å². The summed E-state index contributed by atoms with van der Waals surface area (Å²) in [7, 11) is 3.95. The number of ether oxygens (including phenoxy) is 1. The highest BCUT2D eigenvalue weighted by Crippen LogP contribution is 2.35. The second kappa shape index (κ2) is 9.99. The van der Waals surface area contributed by atoms with Crippen LogP contribution in [-0.4, -0.2) is 78.5 Å². The van der Waals surface area contributed by atoms with Crippen molar-refractivity contribution in [3.63, 3.8) is 0 Å². The molecule has 3 heterocycles. The fourth-order valence-electron chi connectivity index (χ4n) is 4.86. The Hall–Kier alpha value is -3.16. The lowest BCUT2D eigenvalue weighted by Gasteiger charge is -2.40. The van der Waals surface area contributed by atoms with Gasteiger partial charge < -0.3 is 19.4 Å². The molecule has 4 rings (SSSR count). The van der Waals surface area contributed by atoms with Gasteiger partial charge in [-0.25, -0.2) is 9.97 Å². The van der Waals surface area contributed by atoms with Gasteiger partial charge in [0.05, 0.1) is 17.8 Å². The lowest BCUT2D eigenvalue weighted by atomic mass is 9.78. The molecule has 2 aliphatic rings. The van der Waals surface area contributed by atoms with E-state index in [0.29, 0.717) is 44.0 Å². The van der Waals surface area contributed by atoms with Crippen LogP contribution in [0.2, 0.25) is 0 Å². The zero-order valence-electron chi connectivity index (χ0n) is 20.7. The van der Waals surface area contributed by atoms with E-state index >= 15 is 0 Å². The van der Waals surface area contributed by atoms with Crippen LogP contribution in [0.1, 0.15) is 54.5 Å². The van der Waals surface area contributed by atoms with Crippen molar-refractivity contribution in [2.45, 2.75) is 44.9 Å². The molecule has 0 saturated carbocycles. The summed E-state index contributed by atoms with van der Waals surface area (Å²) >= 11 is 0. The summed E-state index contributed by atoms with van der Waals surface area (Å²) in [6, 6.07) is 9.44. The number of carbonyl (C=O) groups excluding carboxylic acids is 2. The first kappa shape index (κ1) is 24.0. The predicted octanol–water partition coefficient (Wildman–Crippen LogP) is 3.05. The van der Waals surface area contributed by atoms with Gasteiger partial charge in [0.1, 0.15) is 24.0 Å². The summed E-state index contributed by atoms with van der Waals surface area (Å²) in [4.78, 5) is 40.4. The van der Waals surface area contributed by atoms with E-state index in [1.54, 1.807) is 0 Å². The Morgan fingerprint density at radius 1 is 1.18 bits per heavy atom. The van der Waals surface area contributed by atoms with E-state index in [0.717, 1.165) is 43.1 Å². The number of para-hydroxylation sites is 1. The van der Waals surface area contributed by atoms with Crippen LogP contribution in [0, 0.1) is 6.92 Å². The zero-order valence-corrected chi connectivity index (χ0v) is 20.7. The third-order valence-corrected chi connectivity index (χ3v) is 6.79. The molecule has 1 aromatic carbocycles. The monoisotopic (exact) mass is 465 g/mol. The molecular weight excluding hydrogens is 430 g/mol. The highest BCUT2D eigenvalue weighted by molar-refractivity contribution is 5.97. The van der Waals surface area contributed by atoms with E-state index < -0.39 is 0 Å². The fourth-order valence-corrected chi connectivity index (χ4v) is 4.86. The Labute approximate surface area is 201 Å². The summed E-state index contributed by atoms with van der Waals surface area (Å²) in [6.45, 7) is 7.10. The van der Waals surface area contributed by atoms with Gasteiger partial charge in [-0.1, -0.05) is 19.1 Å². The Bertz CT molecular complexity index is 1060. The van der Waals surface area contributed by atoms with Crippen LogP contribution in [0.15, 0.2) is 30.3 Å². The van der Waals surface area contributed by atoms with Crippen LogP contribution in [0.25, 0.3) is 0 Å². The number of piperidine rings is 1. The highest BCUT2D eigenvalue weighted by Gasteiger charge is 2.37. The van der Waals surface area contributed by atoms with E-state index in [1.165, 1.54) is 0 Å². The number of benzene rings is 1. The molecule has 0 bridgehead atoms. The molecule has 1 aromatic heterocycles. The molecule has 8 heteroatoms. The average molecular weight is 466 g/mol. The maximum atomic E-state index is 13.6. The maximum Gasteiger partial charge on any atom is 0.257 e. The first-order chi connectivity index (χ1) is 16.3. The number of rotatable bonds is 7.